The second-order valence-electron chi connectivity index (χ2n) is 8.82. The molecular weight excluding hydrogens is 244 g/mol. The second kappa shape index (κ2) is 4.98. The predicted octanol–water partition coefficient (Wildman–Crippen LogP) is 2.94. The first-order valence-electron chi connectivity index (χ1n) is 9.02. The van der Waals surface area contributed by atoms with Gasteiger partial charge in [-0.1, -0.05) is 13.8 Å². The first-order valence-corrected chi connectivity index (χ1v) is 9.02. The lowest BCUT2D eigenvalue weighted by atomic mass is 9.93. The van der Waals surface area contributed by atoms with Crippen molar-refractivity contribution in [2.75, 3.05) is 33.2 Å². The van der Waals surface area contributed by atoms with E-state index in [9.17, 15) is 0 Å². The Hall–Kier alpha value is -0.0800. The molecule has 0 bridgehead atoms. The van der Waals surface area contributed by atoms with Gasteiger partial charge in [-0.25, -0.2) is 0 Å². The highest BCUT2D eigenvalue weighted by Crippen LogP contribution is 2.47. The van der Waals surface area contributed by atoms with Crippen LogP contribution in [0.1, 0.15) is 39.5 Å². The van der Waals surface area contributed by atoms with E-state index in [0.29, 0.717) is 0 Å². The maximum atomic E-state index is 2.91. The van der Waals surface area contributed by atoms with Crippen LogP contribution in [0.15, 0.2) is 0 Å². The van der Waals surface area contributed by atoms with Gasteiger partial charge in [0, 0.05) is 32.2 Å². The van der Waals surface area contributed by atoms with Crippen LogP contribution in [-0.2, 0) is 0 Å². The van der Waals surface area contributed by atoms with Crippen molar-refractivity contribution < 1.29 is 0 Å². The molecular formula is C18H32N2. The van der Waals surface area contributed by atoms with Gasteiger partial charge in [0.1, 0.15) is 0 Å². The summed E-state index contributed by atoms with van der Waals surface area (Å²) >= 11 is 0. The molecule has 2 aliphatic carbocycles. The monoisotopic (exact) mass is 276 g/mol. The Kier molecular flexibility index (Phi) is 3.38. The van der Waals surface area contributed by atoms with Gasteiger partial charge in [-0.3, -0.25) is 4.90 Å². The van der Waals surface area contributed by atoms with Gasteiger partial charge in [0.25, 0.3) is 0 Å². The minimum atomic E-state index is 0.912. The fourth-order valence-corrected chi connectivity index (χ4v) is 6.03. The average Bonchev–Trinajstić information content (AvgIpc) is 3.02. The lowest BCUT2D eigenvalue weighted by Gasteiger charge is -2.27. The Morgan fingerprint density at radius 3 is 1.75 bits per heavy atom. The Morgan fingerprint density at radius 2 is 1.25 bits per heavy atom. The third-order valence-electron chi connectivity index (χ3n) is 7.18. The van der Waals surface area contributed by atoms with Crippen LogP contribution in [0.5, 0.6) is 0 Å². The van der Waals surface area contributed by atoms with Crippen LogP contribution >= 0.6 is 0 Å². The fraction of sp³-hybridized carbons (Fsp3) is 1.00. The number of fused-ring (bicyclic) bond motifs is 2. The molecule has 4 fully saturated rings. The van der Waals surface area contributed by atoms with Crippen LogP contribution in [-0.4, -0.2) is 49.1 Å². The van der Waals surface area contributed by atoms with Crippen molar-refractivity contribution in [3.8, 4) is 0 Å². The molecule has 114 valence electrons. The van der Waals surface area contributed by atoms with Gasteiger partial charge >= 0.3 is 0 Å². The summed E-state index contributed by atoms with van der Waals surface area (Å²) in [5.74, 6) is 6.08. The number of hydrogen-bond donors (Lipinski definition) is 0. The Bertz CT molecular complexity index is 338. The molecule has 2 nitrogen and oxygen atoms in total. The molecule has 0 spiro atoms. The van der Waals surface area contributed by atoms with Gasteiger partial charge in [-0.15, -0.1) is 0 Å². The summed E-state index contributed by atoms with van der Waals surface area (Å²) in [5, 5.41) is 0. The summed E-state index contributed by atoms with van der Waals surface area (Å²) in [6.07, 6.45) is 6.06. The molecule has 4 rings (SSSR count). The standard InChI is InChI=1S/C18H32N2/c1-12(2)13-4-14-10-20(11-15(14)5-13)18-6-16-8-19(3)9-17(16)7-18/h12-18H,4-11H2,1-3H3/t13?,14-,15+,16-,17+,18?. The number of hydrogen-bond acceptors (Lipinski definition) is 2. The Labute approximate surface area is 124 Å². The van der Waals surface area contributed by atoms with Gasteiger partial charge < -0.3 is 4.90 Å². The summed E-state index contributed by atoms with van der Waals surface area (Å²) in [6, 6.07) is 0.946. The van der Waals surface area contributed by atoms with Crippen LogP contribution in [0, 0.1) is 35.5 Å². The Morgan fingerprint density at radius 1 is 0.750 bits per heavy atom. The zero-order valence-electron chi connectivity index (χ0n) is 13.6. The van der Waals surface area contributed by atoms with Crippen LogP contribution in [0.3, 0.4) is 0 Å². The highest BCUT2D eigenvalue weighted by Gasteiger charge is 2.47. The lowest BCUT2D eigenvalue weighted by Crippen LogP contribution is -2.34. The van der Waals surface area contributed by atoms with E-state index in [1.165, 1.54) is 51.9 Å². The first-order chi connectivity index (χ1) is 9.60. The van der Waals surface area contributed by atoms with E-state index in [1.807, 2.05) is 0 Å². The largest absolute Gasteiger partial charge is 0.306 e. The molecule has 0 aromatic carbocycles. The van der Waals surface area contributed by atoms with Crippen LogP contribution < -0.4 is 0 Å². The van der Waals surface area contributed by atoms with Crippen molar-refractivity contribution in [2.45, 2.75) is 45.6 Å². The summed E-state index contributed by atoms with van der Waals surface area (Å²) in [6.45, 7) is 10.5. The predicted molar refractivity (Wildman–Crippen MR) is 83.6 cm³/mol. The summed E-state index contributed by atoms with van der Waals surface area (Å²) in [7, 11) is 2.31. The smallest absolute Gasteiger partial charge is 0.0102 e. The second-order valence-corrected chi connectivity index (χ2v) is 8.82. The molecule has 0 aromatic heterocycles. The maximum absolute atomic E-state index is 2.91. The normalized spacial score (nSPS) is 49.2. The minimum absolute atomic E-state index is 0.912. The SMILES string of the molecule is CC(C)C1C[C@@H]2CN(C3C[C@@H]4CN(C)C[C@@H]4C3)C[C@@H]2C1. The molecule has 0 radical (unpaired) electrons. The molecule has 0 amide bonds. The fourth-order valence-electron chi connectivity index (χ4n) is 6.03. The summed E-state index contributed by atoms with van der Waals surface area (Å²) in [4.78, 5) is 5.46. The summed E-state index contributed by atoms with van der Waals surface area (Å²) < 4.78 is 0. The quantitative estimate of drug-likeness (QED) is 0.765. The van der Waals surface area contributed by atoms with Gasteiger partial charge in [-0.2, -0.15) is 0 Å². The number of likely N-dealkylation sites (tertiary alicyclic amines) is 2. The maximum Gasteiger partial charge on any atom is 0.0102 e. The van der Waals surface area contributed by atoms with Crippen LogP contribution in [0.2, 0.25) is 0 Å². The number of nitrogens with zero attached hydrogens (tertiary/aromatic N) is 2. The van der Waals surface area contributed by atoms with Crippen molar-refractivity contribution in [2.24, 2.45) is 35.5 Å². The Balaban J connectivity index is 1.33. The molecule has 2 heterocycles. The van der Waals surface area contributed by atoms with Gasteiger partial charge in [-0.05, 0) is 68.2 Å². The van der Waals surface area contributed by atoms with Crippen molar-refractivity contribution in [1.82, 2.24) is 9.80 Å². The van der Waals surface area contributed by atoms with Crippen molar-refractivity contribution >= 4 is 0 Å². The molecule has 6 atom stereocenters. The van der Waals surface area contributed by atoms with Gasteiger partial charge in [0.05, 0.1) is 0 Å². The van der Waals surface area contributed by atoms with E-state index in [4.69, 9.17) is 0 Å². The van der Waals surface area contributed by atoms with Gasteiger partial charge in [0.2, 0.25) is 0 Å². The molecule has 2 saturated carbocycles. The topological polar surface area (TPSA) is 6.48 Å². The average molecular weight is 276 g/mol. The van der Waals surface area contributed by atoms with Crippen LogP contribution in [0.4, 0.5) is 0 Å². The van der Waals surface area contributed by atoms with E-state index in [2.05, 4.69) is 30.7 Å². The third-order valence-corrected chi connectivity index (χ3v) is 7.18. The lowest BCUT2D eigenvalue weighted by molar-refractivity contribution is 0.199. The van der Waals surface area contributed by atoms with E-state index < -0.39 is 0 Å². The van der Waals surface area contributed by atoms with E-state index >= 15 is 0 Å². The molecule has 0 aromatic rings. The van der Waals surface area contributed by atoms with Crippen LogP contribution in [0.25, 0.3) is 0 Å². The zero-order chi connectivity index (χ0) is 13.9. The van der Waals surface area contributed by atoms with E-state index in [0.717, 1.165) is 41.5 Å². The van der Waals surface area contributed by atoms with E-state index in [-0.39, 0.29) is 0 Å². The molecule has 0 N–H and O–H groups in total. The highest BCUT2D eigenvalue weighted by molar-refractivity contribution is 5.00. The molecule has 2 heteroatoms. The van der Waals surface area contributed by atoms with Gasteiger partial charge in [0.15, 0.2) is 0 Å². The van der Waals surface area contributed by atoms with Crippen molar-refractivity contribution in [3.05, 3.63) is 0 Å². The van der Waals surface area contributed by atoms with Crippen molar-refractivity contribution in [1.29, 1.82) is 0 Å². The molecule has 20 heavy (non-hydrogen) atoms. The molecule has 2 unspecified atom stereocenters. The molecule has 2 saturated heterocycles. The van der Waals surface area contributed by atoms with Crippen molar-refractivity contribution in [3.63, 3.8) is 0 Å². The van der Waals surface area contributed by atoms with E-state index in [1.54, 1.807) is 0 Å². The summed E-state index contributed by atoms with van der Waals surface area (Å²) in [5.41, 5.74) is 0. The molecule has 2 aliphatic heterocycles. The zero-order valence-corrected chi connectivity index (χ0v) is 13.6. The third kappa shape index (κ3) is 2.23. The minimum Gasteiger partial charge on any atom is -0.306 e. The first kappa shape index (κ1) is 13.6. The molecule has 4 aliphatic rings. The highest BCUT2D eigenvalue weighted by atomic mass is 15.2. The number of rotatable bonds is 2.